The lowest BCUT2D eigenvalue weighted by Crippen LogP contribution is -2.30. The maximum Gasteiger partial charge on any atom is 0.118 e. The number of allylic oxidation sites excluding steroid dienone is 1. The van der Waals surface area contributed by atoms with Crippen LogP contribution in [0.15, 0.2) is 35.9 Å². The molecule has 0 radical (unpaired) electrons. The van der Waals surface area contributed by atoms with Crippen LogP contribution in [0.25, 0.3) is 0 Å². The summed E-state index contributed by atoms with van der Waals surface area (Å²) < 4.78 is 11.0. The van der Waals surface area contributed by atoms with Crippen LogP contribution in [0.5, 0.6) is 5.75 Å². The third-order valence-electron chi connectivity index (χ3n) is 4.87. The second kappa shape index (κ2) is 5.01. The SMILES string of the molecule is COc1ccc([C@@H]2[C@H]3COC[C@H]3C=C(C)[C@H]2C)cc1. The van der Waals surface area contributed by atoms with Gasteiger partial charge in [-0.2, -0.15) is 0 Å². The van der Waals surface area contributed by atoms with E-state index < -0.39 is 0 Å². The monoisotopic (exact) mass is 258 g/mol. The fraction of sp³-hybridized carbons (Fsp3) is 0.529. The number of ether oxygens (including phenoxy) is 2. The number of methoxy groups -OCH3 is 1. The molecule has 0 N–H and O–H groups in total. The average molecular weight is 258 g/mol. The van der Waals surface area contributed by atoms with Crippen molar-refractivity contribution < 1.29 is 9.47 Å². The molecule has 0 unspecified atom stereocenters. The molecule has 1 aromatic carbocycles. The molecule has 2 heteroatoms. The van der Waals surface area contributed by atoms with Gasteiger partial charge < -0.3 is 9.47 Å². The van der Waals surface area contributed by atoms with E-state index in [1.165, 1.54) is 11.1 Å². The molecule has 3 rings (SSSR count). The third-order valence-corrected chi connectivity index (χ3v) is 4.87. The smallest absolute Gasteiger partial charge is 0.118 e. The van der Waals surface area contributed by atoms with E-state index >= 15 is 0 Å². The van der Waals surface area contributed by atoms with Crippen molar-refractivity contribution in [2.75, 3.05) is 20.3 Å². The first-order chi connectivity index (χ1) is 9.20. The second-order valence-electron chi connectivity index (χ2n) is 5.86. The van der Waals surface area contributed by atoms with Crippen molar-refractivity contribution in [3.63, 3.8) is 0 Å². The van der Waals surface area contributed by atoms with Crippen molar-refractivity contribution in [1.29, 1.82) is 0 Å². The molecular weight excluding hydrogens is 236 g/mol. The minimum absolute atomic E-state index is 0.573. The summed E-state index contributed by atoms with van der Waals surface area (Å²) in [5.74, 6) is 3.33. The summed E-state index contributed by atoms with van der Waals surface area (Å²) in [5, 5.41) is 0. The quantitative estimate of drug-likeness (QED) is 0.754. The molecular formula is C17H22O2. The highest BCUT2D eigenvalue weighted by Crippen LogP contribution is 2.47. The zero-order chi connectivity index (χ0) is 13.4. The first-order valence-corrected chi connectivity index (χ1v) is 7.10. The largest absolute Gasteiger partial charge is 0.497 e. The van der Waals surface area contributed by atoms with E-state index in [-0.39, 0.29) is 0 Å². The van der Waals surface area contributed by atoms with Gasteiger partial charge in [0.15, 0.2) is 0 Å². The molecule has 102 valence electrons. The summed E-state index contributed by atoms with van der Waals surface area (Å²) in [6.07, 6.45) is 2.43. The zero-order valence-electron chi connectivity index (χ0n) is 11.9. The maximum atomic E-state index is 5.72. The summed E-state index contributed by atoms with van der Waals surface area (Å²) in [7, 11) is 1.71. The minimum atomic E-state index is 0.573. The molecule has 0 amide bonds. The fourth-order valence-corrected chi connectivity index (χ4v) is 3.63. The van der Waals surface area contributed by atoms with Gasteiger partial charge >= 0.3 is 0 Å². The molecule has 0 aromatic heterocycles. The van der Waals surface area contributed by atoms with Crippen molar-refractivity contribution in [2.24, 2.45) is 17.8 Å². The Morgan fingerprint density at radius 2 is 1.89 bits per heavy atom. The molecule has 1 fully saturated rings. The Morgan fingerprint density at radius 3 is 2.58 bits per heavy atom. The lowest BCUT2D eigenvalue weighted by atomic mass is 9.67. The van der Waals surface area contributed by atoms with Gasteiger partial charge in [0.25, 0.3) is 0 Å². The number of rotatable bonds is 2. The van der Waals surface area contributed by atoms with Crippen LogP contribution in [0.2, 0.25) is 0 Å². The minimum Gasteiger partial charge on any atom is -0.497 e. The highest BCUT2D eigenvalue weighted by atomic mass is 16.5. The van der Waals surface area contributed by atoms with Gasteiger partial charge in [-0.25, -0.2) is 0 Å². The van der Waals surface area contributed by atoms with Gasteiger partial charge in [0.2, 0.25) is 0 Å². The van der Waals surface area contributed by atoms with Gasteiger partial charge in [-0.1, -0.05) is 30.7 Å². The van der Waals surface area contributed by atoms with E-state index in [1.54, 1.807) is 7.11 Å². The first kappa shape index (κ1) is 12.7. The Balaban J connectivity index is 1.94. The zero-order valence-corrected chi connectivity index (χ0v) is 11.9. The third kappa shape index (κ3) is 2.18. The molecule has 19 heavy (non-hydrogen) atoms. The maximum absolute atomic E-state index is 5.72. The average Bonchev–Trinajstić information content (AvgIpc) is 2.88. The van der Waals surface area contributed by atoms with E-state index in [2.05, 4.69) is 44.2 Å². The number of benzene rings is 1. The predicted octanol–water partition coefficient (Wildman–Crippen LogP) is 3.64. The van der Waals surface area contributed by atoms with E-state index in [0.717, 1.165) is 19.0 Å². The molecule has 2 aliphatic rings. The van der Waals surface area contributed by atoms with Crippen LogP contribution in [0.3, 0.4) is 0 Å². The van der Waals surface area contributed by atoms with Gasteiger partial charge in [0.05, 0.1) is 20.3 Å². The summed E-state index contributed by atoms with van der Waals surface area (Å²) >= 11 is 0. The van der Waals surface area contributed by atoms with Crippen molar-refractivity contribution >= 4 is 0 Å². The van der Waals surface area contributed by atoms with Gasteiger partial charge in [-0.15, -0.1) is 0 Å². The fourth-order valence-electron chi connectivity index (χ4n) is 3.63. The number of fused-ring (bicyclic) bond motifs is 1. The summed E-state index contributed by atoms with van der Waals surface area (Å²) in [5.41, 5.74) is 2.92. The van der Waals surface area contributed by atoms with Crippen molar-refractivity contribution in [3.8, 4) is 5.75 Å². The lowest BCUT2D eigenvalue weighted by molar-refractivity contribution is 0.176. The van der Waals surface area contributed by atoms with Crippen LogP contribution < -0.4 is 4.74 Å². The number of hydrogen-bond acceptors (Lipinski definition) is 2. The van der Waals surface area contributed by atoms with E-state index in [0.29, 0.717) is 23.7 Å². The van der Waals surface area contributed by atoms with E-state index in [9.17, 15) is 0 Å². The number of hydrogen-bond donors (Lipinski definition) is 0. The highest BCUT2D eigenvalue weighted by Gasteiger charge is 2.40. The van der Waals surface area contributed by atoms with E-state index in [4.69, 9.17) is 9.47 Å². The first-order valence-electron chi connectivity index (χ1n) is 7.10. The van der Waals surface area contributed by atoms with Crippen LogP contribution in [0.1, 0.15) is 25.3 Å². The molecule has 1 heterocycles. The molecule has 4 atom stereocenters. The van der Waals surface area contributed by atoms with Crippen LogP contribution in [0.4, 0.5) is 0 Å². The van der Waals surface area contributed by atoms with Crippen LogP contribution in [-0.4, -0.2) is 20.3 Å². The Bertz CT molecular complexity index is 475. The van der Waals surface area contributed by atoms with Crippen molar-refractivity contribution in [2.45, 2.75) is 19.8 Å². The molecule has 1 aromatic rings. The molecule has 1 aliphatic carbocycles. The summed E-state index contributed by atoms with van der Waals surface area (Å²) in [6, 6.07) is 8.57. The van der Waals surface area contributed by atoms with Gasteiger partial charge in [-0.05, 0) is 42.4 Å². The Hall–Kier alpha value is -1.28. The lowest BCUT2D eigenvalue weighted by Gasteiger charge is -2.37. The van der Waals surface area contributed by atoms with Crippen molar-refractivity contribution in [1.82, 2.24) is 0 Å². The molecule has 2 nitrogen and oxygen atoms in total. The molecule has 0 spiro atoms. The Labute approximate surface area is 115 Å². The van der Waals surface area contributed by atoms with Crippen molar-refractivity contribution in [3.05, 3.63) is 41.5 Å². The van der Waals surface area contributed by atoms with Crippen LogP contribution >= 0.6 is 0 Å². The van der Waals surface area contributed by atoms with Gasteiger partial charge in [0.1, 0.15) is 5.75 Å². The second-order valence-corrected chi connectivity index (χ2v) is 5.86. The van der Waals surface area contributed by atoms with E-state index in [1.807, 2.05) is 0 Å². The highest BCUT2D eigenvalue weighted by molar-refractivity contribution is 5.33. The summed E-state index contributed by atoms with van der Waals surface area (Å²) in [6.45, 7) is 6.39. The predicted molar refractivity (Wildman–Crippen MR) is 76.5 cm³/mol. The van der Waals surface area contributed by atoms with Crippen LogP contribution in [0, 0.1) is 17.8 Å². The topological polar surface area (TPSA) is 18.5 Å². The normalized spacial score (nSPS) is 33.7. The van der Waals surface area contributed by atoms with Crippen LogP contribution in [-0.2, 0) is 4.74 Å². The summed E-state index contributed by atoms with van der Waals surface area (Å²) in [4.78, 5) is 0. The molecule has 0 saturated carbocycles. The Kier molecular flexibility index (Phi) is 3.36. The standard InChI is InChI=1S/C17H22O2/c1-11-8-14-9-19-10-16(14)17(12(11)2)13-4-6-15(18-3)7-5-13/h4-8,12,14,16-17H,9-10H2,1-3H3/t12-,14-,16+,17-/m1/s1. The Morgan fingerprint density at radius 1 is 1.16 bits per heavy atom. The van der Waals surface area contributed by atoms with Gasteiger partial charge in [-0.3, -0.25) is 0 Å². The molecule has 1 aliphatic heterocycles. The molecule has 1 saturated heterocycles. The van der Waals surface area contributed by atoms with Gasteiger partial charge in [0, 0.05) is 5.92 Å². The molecule has 0 bridgehead atoms.